The lowest BCUT2D eigenvalue weighted by molar-refractivity contribution is -0.291. The molecule has 0 radical (unpaired) electrons. The molecule has 28 heavy (non-hydrogen) atoms. The Morgan fingerprint density at radius 2 is 1.89 bits per heavy atom. The number of thioether (sulfide) groups is 1. The smallest absolute Gasteiger partial charge is 0.309 e. The Bertz CT molecular complexity index is 1090. The predicted octanol–water partition coefficient (Wildman–Crippen LogP) is 4.06. The molecule has 0 aromatic carbocycles. The van der Waals surface area contributed by atoms with Crippen molar-refractivity contribution in [2.24, 2.45) is 7.05 Å². The second-order valence-electron chi connectivity index (χ2n) is 5.62. The molecule has 6 nitrogen and oxygen atoms in total. The molecule has 0 unspecified atom stereocenters. The van der Waals surface area contributed by atoms with Gasteiger partial charge < -0.3 is 4.57 Å². The number of nitriles is 1. The predicted molar refractivity (Wildman–Crippen MR) is 90.6 cm³/mol. The van der Waals surface area contributed by atoms with Gasteiger partial charge in [0.1, 0.15) is 23.0 Å². The van der Waals surface area contributed by atoms with Crippen LogP contribution < -0.4 is 0 Å². The van der Waals surface area contributed by atoms with Crippen LogP contribution in [-0.4, -0.2) is 36.7 Å². The minimum Gasteiger partial charge on any atom is -0.309 e. The van der Waals surface area contributed by atoms with Gasteiger partial charge >= 0.3 is 12.1 Å². The second kappa shape index (κ2) is 6.97. The molecule has 0 aliphatic carbocycles. The molecular weight excluding hydrogens is 403 g/mol. The molecule has 3 heterocycles. The summed E-state index contributed by atoms with van der Waals surface area (Å²) in [7, 11) is 1.52. The molecule has 0 aliphatic heterocycles. The Hall–Kier alpha value is -2.81. The molecule has 146 valence electrons. The van der Waals surface area contributed by atoms with Gasteiger partial charge in [-0.15, -0.1) is 22.0 Å². The highest BCUT2D eigenvalue weighted by atomic mass is 32.2. The van der Waals surface area contributed by atoms with E-state index in [0.717, 1.165) is 0 Å². The van der Waals surface area contributed by atoms with E-state index in [1.807, 2.05) is 13.0 Å². The zero-order valence-corrected chi connectivity index (χ0v) is 15.2. The quantitative estimate of drug-likeness (QED) is 0.473. The van der Waals surface area contributed by atoms with E-state index in [0.29, 0.717) is 28.0 Å². The number of fused-ring (bicyclic) bond motifs is 1. The summed E-state index contributed by atoms with van der Waals surface area (Å²) in [6, 6.07) is 4.14. The SMILES string of the molecule is CCSc1cc(C#N)cnc1-c1nc2cc(C(F)(F)C(F)(F)F)nnc2n1C. The number of rotatable bonds is 4. The van der Waals surface area contributed by atoms with Crippen LogP contribution in [0.25, 0.3) is 22.7 Å². The van der Waals surface area contributed by atoms with Crippen LogP contribution in [0.1, 0.15) is 18.2 Å². The Morgan fingerprint density at radius 3 is 2.50 bits per heavy atom. The fourth-order valence-corrected chi connectivity index (χ4v) is 3.24. The lowest BCUT2D eigenvalue weighted by atomic mass is 10.2. The van der Waals surface area contributed by atoms with Crippen LogP contribution in [0.4, 0.5) is 22.0 Å². The zero-order valence-electron chi connectivity index (χ0n) is 14.4. The van der Waals surface area contributed by atoms with Crippen molar-refractivity contribution >= 4 is 22.9 Å². The number of aryl methyl sites for hydroxylation is 1. The molecule has 0 N–H and O–H groups in total. The highest BCUT2D eigenvalue weighted by molar-refractivity contribution is 7.99. The number of aromatic nitrogens is 5. The van der Waals surface area contributed by atoms with Gasteiger partial charge in [-0.3, -0.25) is 4.98 Å². The molecule has 0 spiro atoms. The number of imidazole rings is 1. The van der Waals surface area contributed by atoms with Crippen molar-refractivity contribution < 1.29 is 22.0 Å². The molecule has 0 amide bonds. The van der Waals surface area contributed by atoms with Crippen molar-refractivity contribution in [1.29, 1.82) is 5.26 Å². The molecule has 0 aliphatic rings. The first-order valence-corrected chi connectivity index (χ1v) is 8.77. The van der Waals surface area contributed by atoms with E-state index in [-0.39, 0.29) is 17.0 Å². The molecule has 0 bridgehead atoms. The van der Waals surface area contributed by atoms with Crippen molar-refractivity contribution in [3.63, 3.8) is 0 Å². The maximum absolute atomic E-state index is 13.6. The summed E-state index contributed by atoms with van der Waals surface area (Å²) in [5.74, 6) is -4.28. The van der Waals surface area contributed by atoms with Gasteiger partial charge in [0.15, 0.2) is 11.5 Å². The van der Waals surface area contributed by atoms with E-state index in [4.69, 9.17) is 5.26 Å². The molecule has 0 atom stereocenters. The number of alkyl halides is 5. The first kappa shape index (κ1) is 19.9. The summed E-state index contributed by atoms with van der Waals surface area (Å²) in [6.07, 6.45) is -4.48. The third-order valence-electron chi connectivity index (χ3n) is 3.79. The second-order valence-corrected chi connectivity index (χ2v) is 6.93. The van der Waals surface area contributed by atoms with Crippen LogP contribution in [0.15, 0.2) is 23.2 Å². The van der Waals surface area contributed by atoms with Gasteiger partial charge in [0.2, 0.25) is 0 Å². The monoisotopic (exact) mass is 414 g/mol. The van der Waals surface area contributed by atoms with Gasteiger partial charge in [0, 0.05) is 18.1 Å². The number of halogens is 5. The van der Waals surface area contributed by atoms with Gasteiger partial charge in [-0.1, -0.05) is 6.92 Å². The van der Waals surface area contributed by atoms with Crippen molar-refractivity contribution in [1.82, 2.24) is 24.7 Å². The van der Waals surface area contributed by atoms with Crippen molar-refractivity contribution in [2.75, 3.05) is 5.75 Å². The van der Waals surface area contributed by atoms with Crippen LogP contribution >= 0.6 is 11.8 Å². The molecule has 12 heteroatoms. The number of hydrogen-bond donors (Lipinski definition) is 0. The lowest BCUT2D eigenvalue weighted by Crippen LogP contribution is -2.34. The number of hydrogen-bond acceptors (Lipinski definition) is 6. The van der Waals surface area contributed by atoms with Crippen LogP contribution in [0.2, 0.25) is 0 Å². The highest BCUT2D eigenvalue weighted by Gasteiger charge is 2.60. The van der Waals surface area contributed by atoms with E-state index in [2.05, 4.69) is 20.2 Å². The van der Waals surface area contributed by atoms with E-state index in [1.165, 1.54) is 29.6 Å². The first-order valence-electron chi connectivity index (χ1n) is 7.78. The van der Waals surface area contributed by atoms with E-state index in [1.54, 1.807) is 6.07 Å². The average molecular weight is 414 g/mol. The van der Waals surface area contributed by atoms with Crippen molar-refractivity contribution in [3.8, 4) is 17.6 Å². The Balaban J connectivity index is 2.18. The molecule has 0 fully saturated rings. The summed E-state index contributed by atoms with van der Waals surface area (Å²) >= 11 is 1.38. The average Bonchev–Trinajstić information content (AvgIpc) is 2.97. The largest absolute Gasteiger partial charge is 0.459 e. The third-order valence-corrected chi connectivity index (χ3v) is 4.70. The standard InChI is InChI=1S/C16H11F5N6S/c1-3-28-10-4-8(6-22)7-23-12(10)14-24-9-5-11(15(17,18)16(19,20)21)25-26-13(9)27(14)2/h4-5,7H,3H2,1-2H3. The number of pyridine rings is 1. The van der Waals surface area contributed by atoms with E-state index < -0.39 is 17.8 Å². The van der Waals surface area contributed by atoms with Gasteiger partial charge in [-0.2, -0.15) is 27.2 Å². The summed E-state index contributed by atoms with van der Waals surface area (Å²) in [4.78, 5) is 8.96. The normalized spacial score (nSPS) is 12.4. The van der Waals surface area contributed by atoms with Crippen LogP contribution in [0.3, 0.4) is 0 Å². The molecule has 3 aromatic heterocycles. The highest BCUT2D eigenvalue weighted by Crippen LogP contribution is 2.43. The molecule has 0 saturated carbocycles. The van der Waals surface area contributed by atoms with Crippen molar-refractivity contribution in [3.05, 3.63) is 29.6 Å². The number of nitrogens with zero attached hydrogens (tertiary/aromatic N) is 6. The lowest BCUT2D eigenvalue weighted by Gasteiger charge is -2.17. The molecule has 3 aromatic rings. The van der Waals surface area contributed by atoms with Gasteiger partial charge in [-0.25, -0.2) is 4.98 Å². The maximum Gasteiger partial charge on any atom is 0.459 e. The van der Waals surface area contributed by atoms with Crippen LogP contribution in [0, 0.1) is 11.3 Å². The molecular formula is C16H11F5N6S. The van der Waals surface area contributed by atoms with E-state index in [9.17, 15) is 22.0 Å². The first-order chi connectivity index (χ1) is 13.1. The fourth-order valence-electron chi connectivity index (χ4n) is 2.44. The fraction of sp³-hybridized carbons (Fsp3) is 0.312. The molecule has 0 saturated heterocycles. The minimum atomic E-state index is -5.80. The Kier molecular flexibility index (Phi) is 4.97. The minimum absolute atomic E-state index is 0.0235. The summed E-state index contributed by atoms with van der Waals surface area (Å²) in [5.41, 5.74) is -1.01. The zero-order chi connectivity index (χ0) is 20.7. The summed E-state index contributed by atoms with van der Waals surface area (Å²) < 4.78 is 66.3. The Labute approximate surface area is 159 Å². The van der Waals surface area contributed by atoms with Crippen LogP contribution in [0.5, 0.6) is 0 Å². The van der Waals surface area contributed by atoms with Crippen molar-refractivity contribution in [2.45, 2.75) is 23.9 Å². The van der Waals surface area contributed by atoms with Crippen LogP contribution in [-0.2, 0) is 13.0 Å². The van der Waals surface area contributed by atoms with Gasteiger partial charge in [0.05, 0.1) is 5.56 Å². The molecule has 3 rings (SSSR count). The Morgan fingerprint density at radius 1 is 1.18 bits per heavy atom. The van der Waals surface area contributed by atoms with Gasteiger partial charge in [0.25, 0.3) is 0 Å². The topological polar surface area (TPSA) is 80.3 Å². The summed E-state index contributed by atoms with van der Waals surface area (Å²) in [5, 5.41) is 15.6. The third kappa shape index (κ3) is 3.26. The maximum atomic E-state index is 13.6. The van der Waals surface area contributed by atoms with E-state index >= 15 is 0 Å². The summed E-state index contributed by atoms with van der Waals surface area (Å²) in [6.45, 7) is 1.89. The van der Waals surface area contributed by atoms with Gasteiger partial charge in [-0.05, 0) is 17.9 Å².